The van der Waals surface area contributed by atoms with Crippen LogP contribution in [0, 0.1) is 0 Å². The molecule has 1 heterocycles. The van der Waals surface area contributed by atoms with Crippen molar-refractivity contribution in [3.8, 4) is 5.75 Å². The molecule has 1 aromatic rings. The van der Waals surface area contributed by atoms with Gasteiger partial charge in [0.15, 0.2) is 0 Å². The molecular weight excluding hydrogens is 318 g/mol. The smallest absolute Gasteiger partial charge is 0.252 e. The van der Waals surface area contributed by atoms with Gasteiger partial charge in [0.1, 0.15) is 5.75 Å². The summed E-state index contributed by atoms with van der Waals surface area (Å²) in [5.41, 5.74) is 6.04. The number of hydrogen-bond acceptors (Lipinski definition) is 5. The first kappa shape index (κ1) is 17.7. The van der Waals surface area contributed by atoms with Gasteiger partial charge < -0.3 is 15.4 Å². The predicted molar refractivity (Wildman–Crippen MR) is 86.9 cm³/mol. The number of amides is 1. The standard InChI is InChI=1S/C15H23N3O4S/c1-3-18-6-4-5-11(18)7-10-8-12(23(17,20)21)9-13(15(16)19)14(10)22-2/h8-9,11H,3-7H2,1-2H3,(H2,16,19)(H2,17,20,21). The van der Waals surface area contributed by atoms with Gasteiger partial charge in [-0.3, -0.25) is 4.79 Å². The molecule has 1 amide bonds. The minimum atomic E-state index is -3.94. The normalized spacial score (nSPS) is 19.0. The van der Waals surface area contributed by atoms with E-state index in [0.29, 0.717) is 17.7 Å². The van der Waals surface area contributed by atoms with Gasteiger partial charge in [0.25, 0.3) is 5.91 Å². The van der Waals surface area contributed by atoms with Gasteiger partial charge in [-0.05, 0) is 50.0 Å². The van der Waals surface area contributed by atoms with Gasteiger partial charge in [0.05, 0.1) is 17.6 Å². The molecule has 128 valence electrons. The second kappa shape index (κ2) is 6.86. The number of nitrogens with two attached hydrogens (primary N) is 2. The third-order valence-electron chi connectivity index (χ3n) is 4.30. The highest BCUT2D eigenvalue weighted by Gasteiger charge is 2.27. The molecule has 0 spiro atoms. The van der Waals surface area contributed by atoms with Crippen LogP contribution in [0.4, 0.5) is 0 Å². The third kappa shape index (κ3) is 3.82. The molecule has 1 saturated heterocycles. The van der Waals surface area contributed by atoms with Crippen molar-refractivity contribution in [2.75, 3.05) is 20.2 Å². The maximum atomic E-state index is 11.7. The van der Waals surface area contributed by atoms with E-state index in [0.717, 1.165) is 25.9 Å². The van der Waals surface area contributed by atoms with E-state index >= 15 is 0 Å². The number of sulfonamides is 1. The van der Waals surface area contributed by atoms with E-state index in [1.165, 1.54) is 19.2 Å². The Kier molecular flexibility index (Phi) is 5.28. The first-order valence-corrected chi connectivity index (χ1v) is 9.10. The number of primary amides is 1. The lowest BCUT2D eigenvalue weighted by Crippen LogP contribution is -2.31. The maximum Gasteiger partial charge on any atom is 0.252 e. The minimum Gasteiger partial charge on any atom is -0.496 e. The largest absolute Gasteiger partial charge is 0.496 e. The van der Waals surface area contributed by atoms with Crippen LogP contribution in [-0.4, -0.2) is 45.5 Å². The average molecular weight is 341 g/mol. The maximum absolute atomic E-state index is 11.7. The number of methoxy groups -OCH3 is 1. The van der Waals surface area contributed by atoms with Crippen molar-refractivity contribution in [2.45, 2.75) is 37.1 Å². The Morgan fingerprint density at radius 3 is 2.65 bits per heavy atom. The lowest BCUT2D eigenvalue weighted by molar-refractivity contribution is 0.0997. The number of benzene rings is 1. The fourth-order valence-electron chi connectivity index (χ4n) is 3.20. The van der Waals surface area contributed by atoms with Gasteiger partial charge in [-0.1, -0.05) is 6.92 Å². The van der Waals surface area contributed by atoms with Crippen molar-refractivity contribution in [1.29, 1.82) is 0 Å². The number of rotatable bonds is 6. The molecule has 0 radical (unpaired) electrons. The van der Waals surface area contributed by atoms with E-state index in [9.17, 15) is 13.2 Å². The molecule has 1 aliphatic heterocycles. The molecule has 8 heteroatoms. The van der Waals surface area contributed by atoms with E-state index < -0.39 is 15.9 Å². The van der Waals surface area contributed by atoms with E-state index in [4.69, 9.17) is 15.6 Å². The molecule has 1 aromatic carbocycles. The molecular formula is C15H23N3O4S. The number of carbonyl (C=O) groups is 1. The Morgan fingerprint density at radius 2 is 2.13 bits per heavy atom. The summed E-state index contributed by atoms with van der Waals surface area (Å²) in [6.45, 7) is 4.02. The van der Waals surface area contributed by atoms with Crippen LogP contribution >= 0.6 is 0 Å². The zero-order chi connectivity index (χ0) is 17.2. The van der Waals surface area contributed by atoms with Crippen LogP contribution < -0.4 is 15.6 Å². The summed E-state index contributed by atoms with van der Waals surface area (Å²) in [5, 5.41) is 5.22. The van der Waals surface area contributed by atoms with Crippen LogP contribution in [0.2, 0.25) is 0 Å². The Morgan fingerprint density at radius 1 is 1.43 bits per heavy atom. The molecule has 0 aliphatic carbocycles. The van der Waals surface area contributed by atoms with Crippen LogP contribution in [0.5, 0.6) is 5.75 Å². The van der Waals surface area contributed by atoms with Gasteiger partial charge in [-0.25, -0.2) is 13.6 Å². The van der Waals surface area contributed by atoms with Crippen molar-refractivity contribution >= 4 is 15.9 Å². The summed E-state index contributed by atoms with van der Waals surface area (Å²) in [6, 6.07) is 2.93. The molecule has 1 fully saturated rings. The highest BCUT2D eigenvalue weighted by Crippen LogP contribution is 2.31. The first-order valence-electron chi connectivity index (χ1n) is 7.55. The number of nitrogens with zero attached hydrogens (tertiary/aromatic N) is 1. The monoisotopic (exact) mass is 341 g/mol. The molecule has 23 heavy (non-hydrogen) atoms. The first-order chi connectivity index (χ1) is 10.8. The highest BCUT2D eigenvalue weighted by atomic mass is 32.2. The summed E-state index contributed by atoms with van der Waals surface area (Å²) < 4.78 is 28.7. The molecule has 1 atom stereocenters. The number of carbonyl (C=O) groups excluding carboxylic acids is 1. The molecule has 0 aromatic heterocycles. The lowest BCUT2D eigenvalue weighted by Gasteiger charge is -2.24. The van der Waals surface area contributed by atoms with Gasteiger partial charge in [0, 0.05) is 6.04 Å². The SMILES string of the molecule is CCN1CCCC1Cc1cc(S(N)(=O)=O)cc(C(N)=O)c1OC. The second-order valence-corrected chi connectivity index (χ2v) is 7.26. The van der Waals surface area contributed by atoms with E-state index in [-0.39, 0.29) is 16.5 Å². The molecule has 1 unspecified atom stereocenters. The molecule has 1 aliphatic rings. The van der Waals surface area contributed by atoms with Crippen molar-refractivity contribution in [3.05, 3.63) is 23.3 Å². The molecule has 2 rings (SSSR count). The zero-order valence-electron chi connectivity index (χ0n) is 13.4. The Labute approximate surface area is 136 Å². The average Bonchev–Trinajstić information content (AvgIpc) is 2.92. The van der Waals surface area contributed by atoms with E-state index in [1.54, 1.807) is 0 Å². The Bertz CT molecular complexity index is 703. The van der Waals surface area contributed by atoms with Crippen molar-refractivity contribution in [3.63, 3.8) is 0 Å². The number of hydrogen-bond donors (Lipinski definition) is 2. The van der Waals surface area contributed by atoms with Crippen LogP contribution in [0.15, 0.2) is 17.0 Å². The second-order valence-electron chi connectivity index (χ2n) is 5.70. The van der Waals surface area contributed by atoms with E-state index in [2.05, 4.69) is 11.8 Å². The van der Waals surface area contributed by atoms with Crippen molar-refractivity contribution in [2.24, 2.45) is 10.9 Å². The summed E-state index contributed by atoms with van der Waals surface area (Å²) in [4.78, 5) is 13.9. The summed E-state index contributed by atoms with van der Waals surface area (Å²) >= 11 is 0. The molecule has 0 saturated carbocycles. The summed E-state index contributed by atoms with van der Waals surface area (Å²) in [7, 11) is -2.50. The van der Waals surface area contributed by atoms with Crippen LogP contribution in [-0.2, 0) is 16.4 Å². The van der Waals surface area contributed by atoms with Gasteiger partial charge in [0.2, 0.25) is 10.0 Å². The van der Waals surface area contributed by atoms with Crippen LogP contribution in [0.25, 0.3) is 0 Å². The quantitative estimate of drug-likeness (QED) is 0.780. The number of ether oxygens (including phenoxy) is 1. The zero-order valence-corrected chi connectivity index (χ0v) is 14.2. The Balaban J connectivity index is 2.51. The number of likely N-dealkylation sites (N-methyl/N-ethyl adjacent to an activating group) is 1. The minimum absolute atomic E-state index is 0.0371. The molecule has 4 N–H and O–H groups in total. The van der Waals surface area contributed by atoms with Gasteiger partial charge in [-0.15, -0.1) is 0 Å². The van der Waals surface area contributed by atoms with Gasteiger partial charge >= 0.3 is 0 Å². The predicted octanol–water partition coefficient (Wildman–Crippen LogP) is 0.468. The highest BCUT2D eigenvalue weighted by molar-refractivity contribution is 7.89. The number of primary sulfonamides is 1. The summed E-state index contributed by atoms with van der Waals surface area (Å²) in [5.74, 6) is -0.416. The van der Waals surface area contributed by atoms with Crippen LogP contribution in [0.3, 0.4) is 0 Å². The fraction of sp³-hybridized carbons (Fsp3) is 0.533. The van der Waals surface area contributed by atoms with E-state index in [1.807, 2.05) is 0 Å². The van der Waals surface area contributed by atoms with Crippen LogP contribution in [0.1, 0.15) is 35.7 Å². The molecule has 0 bridgehead atoms. The number of likely N-dealkylation sites (tertiary alicyclic amines) is 1. The lowest BCUT2D eigenvalue weighted by atomic mass is 10.00. The van der Waals surface area contributed by atoms with Gasteiger partial charge in [-0.2, -0.15) is 0 Å². The summed E-state index contributed by atoms with van der Waals surface area (Å²) in [6.07, 6.45) is 2.70. The topological polar surface area (TPSA) is 116 Å². The fourth-order valence-corrected chi connectivity index (χ4v) is 3.78. The van der Waals surface area contributed by atoms with Crippen molar-refractivity contribution in [1.82, 2.24) is 4.90 Å². The third-order valence-corrected chi connectivity index (χ3v) is 5.19. The van der Waals surface area contributed by atoms with Crippen molar-refractivity contribution < 1.29 is 17.9 Å². The molecule has 7 nitrogen and oxygen atoms in total. The Hall–Kier alpha value is -1.64.